The molecule has 19 heavy (non-hydrogen) atoms. The molecule has 0 saturated carbocycles. The fraction of sp³-hybridized carbons (Fsp3) is 0.562. The largest absolute Gasteiger partial charge is 0.493 e. The van der Waals surface area contributed by atoms with Crippen LogP contribution in [0.5, 0.6) is 5.75 Å². The van der Waals surface area contributed by atoms with Gasteiger partial charge >= 0.3 is 0 Å². The second-order valence-corrected chi connectivity index (χ2v) is 6.55. The Morgan fingerprint density at radius 1 is 1.37 bits per heavy atom. The zero-order valence-corrected chi connectivity index (χ0v) is 13.2. The van der Waals surface area contributed by atoms with Crippen molar-refractivity contribution in [2.45, 2.75) is 45.8 Å². The van der Waals surface area contributed by atoms with Crippen LogP contribution in [-0.4, -0.2) is 23.4 Å². The van der Waals surface area contributed by atoms with Gasteiger partial charge in [-0.3, -0.25) is 4.79 Å². The lowest BCUT2D eigenvalue weighted by Crippen LogP contribution is -2.09. The highest BCUT2D eigenvalue weighted by Crippen LogP contribution is 2.23. The fourth-order valence-electron chi connectivity index (χ4n) is 1.63. The van der Waals surface area contributed by atoms with Gasteiger partial charge in [0.15, 0.2) is 5.78 Å². The van der Waals surface area contributed by atoms with Crippen LogP contribution in [0.25, 0.3) is 0 Å². The lowest BCUT2D eigenvalue weighted by molar-refractivity contribution is 0.101. The Bertz CT molecular complexity index is 413. The van der Waals surface area contributed by atoms with Crippen LogP contribution in [0.3, 0.4) is 0 Å². The maximum absolute atomic E-state index is 12.3. The lowest BCUT2D eigenvalue weighted by atomic mass is 10.1. The summed E-state index contributed by atoms with van der Waals surface area (Å²) in [6.45, 7) is 9.02. The van der Waals surface area contributed by atoms with E-state index in [2.05, 4.69) is 20.8 Å². The number of carbonyl (C=O) groups excluding carboxylic acids is 1. The number of Topliss-reactive ketones (excluding diaryl/α,β-unsaturated/α-hetero) is 1. The van der Waals surface area contributed by atoms with Crippen molar-refractivity contribution in [2.24, 2.45) is 0 Å². The molecular formula is C16H24O2S. The van der Waals surface area contributed by atoms with Crippen molar-refractivity contribution in [3.05, 3.63) is 29.3 Å². The molecule has 0 atom stereocenters. The van der Waals surface area contributed by atoms with E-state index in [1.54, 1.807) is 11.8 Å². The maximum Gasteiger partial charge on any atom is 0.176 e. The summed E-state index contributed by atoms with van der Waals surface area (Å²) < 4.78 is 5.73. The van der Waals surface area contributed by atoms with Crippen LogP contribution < -0.4 is 4.74 Å². The SMILES string of the molecule is CCCCOc1ccc(C)cc1C(=O)CSC(C)C. The number of rotatable bonds is 8. The fourth-order valence-corrected chi connectivity index (χ4v) is 2.27. The Hall–Kier alpha value is -0.960. The summed E-state index contributed by atoms with van der Waals surface area (Å²) in [6.07, 6.45) is 2.11. The van der Waals surface area contributed by atoms with Gasteiger partial charge in [-0.05, 0) is 30.7 Å². The van der Waals surface area contributed by atoms with E-state index in [-0.39, 0.29) is 5.78 Å². The molecule has 0 aliphatic rings. The van der Waals surface area contributed by atoms with Crippen molar-refractivity contribution in [1.82, 2.24) is 0 Å². The van der Waals surface area contributed by atoms with Gasteiger partial charge < -0.3 is 4.74 Å². The quantitative estimate of drug-likeness (QED) is 0.518. The Morgan fingerprint density at radius 3 is 2.74 bits per heavy atom. The number of unbranched alkanes of at least 4 members (excludes halogenated alkanes) is 1. The van der Waals surface area contributed by atoms with Crippen molar-refractivity contribution in [1.29, 1.82) is 0 Å². The molecule has 0 aromatic heterocycles. The van der Waals surface area contributed by atoms with Crippen molar-refractivity contribution < 1.29 is 9.53 Å². The van der Waals surface area contributed by atoms with Crippen LogP contribution in [0.1, 0.15) is 49.5 Å². The van der Waals surface area contributed by atoms with Gasteiger partial charge in [-0.2, -0.15) is 11.8 Å². The van der Waals surface area contributed by atoms with E-state index < -0.39 is 0 Å². The monoisotopic (exact) mass is 280 g/mol. The number of ether oxygens (including phenoxy) is 1. The molecule has 0 N–H and O–H groups in total. The third kappa shape index (κ3) is 5.68. The minimum atomic E-state index is 0.161. The highest BCUT2D eigenvalue weighted by atomic mass is 32.2. The first-order valence-electron chi connectivity index (χ1n) is 6.92. The molecule has 0 spiro atoms. The first-order chi connectivity index (χ1) is 9.04. The van der Waals surface area contributed by atoms with Gasteiger partial charge in [0.2, 0.25) is 0 Å². The molecule has 1 aromatic carbocycles. The van der Waals surface area contributed by atoms with Gasteiger partial charge in [0.25, 0.3) is 0 Å². The summed E-state index contributed by atoms with van der Waals surface area (Å²) in [4.78, 5) is 12.3. The number of benzene rings is 1. The number of hydrogen-bond acceptors (Lipinski definition) is 3. The molecule has 0 radical (unpaired) electrons. The summed E-state index contributed by atoms with van der Waals surface area (Å²) >= 11 is 1.67. The molecule has 0 fully saturated rings. The van der Waals surface area contributed by atoms with Gasteiger partial charge in [0.05, 0.1) is 17.9 Å². The average Bonchev–Trinajstić information content (AvgIpc) is 2.37. The van der Waals surface area contributed by atoms with Crippen LogP contribution in [0, 0.1) is 6.92 Å². The third-order valence-electron chi connectivity index (χ3n) is 2.74. The standard InChI is InChI=1S/C16H24O2S/c1-5-6-9-18-16-8-7-13(4)10-14(16)15(17)11-19-12(2)3/h7-8,10,12H,5-6,9,11H2,1-4H3. The zero-order valence-electron chi connectivity index (χ0n) is 12.4. The highest BCUT2D eigenvalue weighted by Gasteiger charge is 2.13. The maximum atomic E-state index is 12.3. The number of hydrogen-bond donors (Lipinski definition) is 0. The van der Waals surface area contributed by atoms with Crippen molar-refractivity contribution >= 4 is 17.5 Å². The number of ketones is 1. The molecular weight excluding hydrogens is 256 g/mol. The summed E-state index contributed by atoms with van der Waals surface area (Å²) in [7, 11) is 0. The topological polar surface area (TPSA) is 26.3 Å². The molecule has 2 nitrogen and oxygen atoms in total. The van der Waals surface area contributed by atoms with Crippen molar-refractivity contribution in [2.75, 3.05) is 12.4 Å². The average molecular weight is 280 g/mol. The summed E-state index contributed by atoms with van der Waals surface area (Å²) in [5.74, 6) is 1.41. The molecule has 0 aliphatic carbocycles. The van der Waals surface area contributed by atoms with Gasteiger partial charge in [0, 0.05) is 0 Å². The van der Waals surface area contributed by atoms with E-state index in [9.17, 15) is 4.79 Å². The van der Waals surface area contributed by atoms with Gasteiger partial charge in [-0.1, -0.05) is 38.8 Å². The normalized spacial score (nSPS) is 10.8. The molecule has 0 unspecified atom stereocenters. The zero-order chi connectivity index (χ0) is 14.3. The predicted molar refractivity (Wildman–Crippen MR) is 83.5 cm³/mol. The highest BCUT2D eigenvalue weighted by molar-refractivity contribution is 8.00. The lowest BCUT2D eigenvalue weighted by Gasteiger charge is -2.12. The van der Waals surface area contributed by atoms with Crippen LogP contribution in [-0.2, 0) is 0 Å². The molecule has 0 amide bonds. The molecule has 106 valence electrons. The van der Waals surface area contributed by atoms with E-state index in [0.29, 0.717) is 17.6 Å². The minimum Gasteiger partial charge on any atom is -0.493 e. The van der Waals surface area contributed by atoms with Crippen LogP contribution in [0.4, 0.5) is 0 Å². The Balaban J connectivity index is 2.77. The van der Waals surface area contributed by atoms with Crippen LogP contribution in [0.2, 0.25) is 0 Å². The Labute approximate surface area is 120 Å². The molecule has 0 aliphatic heterocycles. The smallest absolute Gasteiger partial charge is 0.176 e. The molecule has 1 aromatic rings. The number of carbonyl (C=O) groups is 1. The van der Waals surface area contributed by atoms with Gasteiger partial charge in [-0.25, -0.2) is 0 Å². The van der Waals surface area contributed by atoms with Crippen molar-refractivity contribution in [3.8, 4) is 5.75 Å². The number of thioether (sulfide) groups is 1. The Kier molecular flexibility index (Phi) is 7.00. The molecule has 0 heterocycles. The van der Waals surface area contributed by atoms with E-state index >= 15 is 0 Å². The van der Waals surface area contributed by atoms with E-state index in [1.165, 1.54) is 0 Å². The van der Waals surface area contributed by atoms with Gasteiger partial charge in [-0.15, -0.1) is 0 Å². The molecule has 3 heteroatoms. The first-order valence-corrected chi connectivity index (χ1v) is 7.97. The summed E-state index contributed by atoms with van der Waals surface area (Å²) in [6, 6.07) is 5.84. The van der Waals surface area contributed by atoms with Gasteiger partial charge in [0.1, 0.15) is 5.75 Å². The van der Waals surface area contributed by atoms with Crippen LogP contribution >= 0.6 is 11.8 Å². The van der Waals surface area contributed by atoms with Crippen LogP contribution in [0.15, 0.2) is 18.2 Å². The second kappa shape index (κ2) is 8.26. The van der Waals surface area contributed by atoms with E-state index in [1.807, 2.05) is 25.1 Å². The summed E-state index contributed by atoms with van der Waals surface area (Å²) in [5, 5.41) is 0.471. The number of aryl methyl sites for hydroxylation is 1. The third-order valence-corrected chi connectivity index (χ3v) is 3.83. The molecule has 1 rings (SSSR count). The van der Waals surface area contributed by atoms with E-state index in [4.69, 9.17) is 4.74 Å². The van der Waals surface area contributed by atoms with Crippen molar-refractivity contribution in [3.63, 3.8) is 0 Å². The van der Waals surface area contributed by atoms with E-state index in [0.717, 1.165) is 29.7 Å². The minimum absolute atomic E-state index is 0.161. The first kappa shape index (κ1) is 16.1. The Morgan fingerprint density at radius 2 is 2.11 bits per heavy atom. The summed E-state index contributed by atoms with van der Waals surface area (Å²) in [5.41, 5.74) is 1.82. The predicted octanol–water partition coefficient (Wildman–Crippen LogP) is 4.50. The molecule has 0 saturated heterocycles. The second-order valence-electron chi connectivity index (χ2n) is 4.98. The molecule has 0 bridgehead atoms.